The monoisotopic (exact) mass is 407 g/mol. The van der Waals surface area contributed by atoms with Crippen molar-refractivity contribution >= 4 is 17.9 Å². The summed E-state index contributed by atoms with van der Waals surface area (Å²) in [5, 5.41) is 3.04. The highest BCUT2D eigenvalue weighted by Crippen LogP contribution is 2.59. The van der Waals surface area contributed by atoms with Gasteiger partial charge in [-0.15, -0.1) is 0 Å². The van der Waals surface area contributed by atoms with E-state index >= 15 is 0 Å². The fourth-order valence-corrected chi connectivity index (χ4v) is 4.31. The van der Waals surface area contributed by atoms with Crippen molar-refractivity contribution < 1.29 is 14.0 Å². The van der Waals surface area contributed by atoms with Crippen LogP contribution in [0.2, 0.25) is 0 Å². The van der Waals surface area contributed by atoms with E-state index in [9.17, 15) is 14.0 Å². The minimum absolute atomic E-state index is 0.0537. The van der Waals surface area contributed by atoms with Gasteiger partial charge in [-0.25, -0.2) is 4.39 Å². The number of hydrogen-bond acceptors (Lipinski definition) is 3. The number of carbonyl (C=O) groups is 2. The van der Waals surface area contributed by atoms with Crippen molar-refractivity contribution in [2.75, 3.05) is 19.6 Å². The third-order valence-electron chi connectivity index (χ3n) is 6.25. The number of likely N-dealkylation sites (tertiary alicyclic amines) is 1. The molecule has 1 saturated heterocycles. The van der Waals surface area contributed by atoms with Crippen LogP contribution in [-0.4, -0.2) is 41.3 Å². The van der Waals surface area contributed by atoms with Gasteiger partial charge in [0.25, 0.3) is 0 Å². The van der Waals surface area contributed by atoms with E-state index in [1.54, 1.807) is 24.4 Å². The van der Waals surface area contributed by atoms with Crippen LogP contribution in [0.3, 0.4) is 0 Å². The molecule has 1 aromatic carbocycles. The molecule has 30 heavy (non-hydrogen) atoms. The number of pyridine rings is 1. The number of hydrogen-bond donors (Lipinski definition) is 1. The third-order valence-corrected chi connectivity index (χ3v) is 6.25. The Hall–Kier alpha value is -3.02. The average molecular weight is 407 g/mol. The molecule has 156 valence electrons. The van der Waals surface area contributed by atoms with Gasteiger partial charge in [0.05, 0.1) is 0 Å². The molecule has 1 spiro atoms. The molecule has 1 aliphatic heterocycles. The van der Waals surface area contributed by atoms with Gasteiger partial charge in [-0.2, -0.15) is 0 Å². The van der Waals surface area contributed by atoms with E-state index in [-0.39, 0.29) is 29.0 Å². The molecular formula is C24H26FN3O2. The lowest BCUT2D eigenvalue weighted by Crippen LogP contribution is -2.40. The summed E-state index contributed by atoms with van der Waals surface area (Å²) in [5.74, 6) is -0.202. The van der Waals surface area contributed by atoms with Crippen molar-refractivity contribution in [3.05, 3.63) is 71.8 Å². The maximum atomic E-state index is 13.2. The van der Waals surface area contributed by atoms with E-state index < -0.39 is 0 Å². The Kier molecular flexibility index (Phi) is 5.93. The van der Waals surface area contributed by atoms with Gasteiger partial charge in [0, 0.05) is 49.9 Å². The molecule has 0 radical (unpaired) electrons. The third kappa shape index (κ3) is 4.75. The molecule has 0 unspecified atom stereocenters. The van der Waals surface area contributed by atoms with Gasteiger partial charge in [-0.3, -0.25) is 14.6 Å². The molecule has 4 rings (SSSR count). The van der Waals surface area contributed by atoms with Crippen LogP contribution in [0, 0.1) is 17.2 Å². The Bertz CT molecular complexity index is 936. The summed E-state index contributed by atoms with van der Waals surface area (Å²) >= 11 is 0. The summed E-state index contributed by atoms with van der Waals surface area (Å²) in [7, 11) is 0. The molecule has 6 heteroatoms. The zero-order valence-corrected chi connectivity index (χ0v) is 16.9. The van der Waals surface area contributed by atoms with E-state index in [4.69, 9.17) is 0 Å². The second-order valence-electron chi connectivity index (χ2n) is 8.19. The lowest BCUT2D eigenvalue weighted by molar-refractivity contribution is -0.127. The van der Waals surface area contributed by atoms with Gasteiger partial charge in [-0.05, 0) is 60.6 Å². The summed E-state index contributed by atoms with van der Waals surface area (Å²) in [5.41, 5.74) is 1.70. The molecular weight excluding hydrogens is 381 g/mol. The first-order chi connectivity index (χ1) is 14.6. The molecule has 1 saturated carbocycles. The highest BCUT2D eigenvalue weighted by molar-refractivity contribution is 5.92. The Morgan fingerprint density at radius 1 is 1.20 bits per heavy atom. The van der Waals surface area contributed by atoms with Crippen LogP contribution < -0.4 is 5.32 Å². The fourth-order valence-electron chi connectivity index (χ4n) is 4.31. The molecule has 2 aromatic rings. The molecule has 0 bridgehead atoms. The van der Waals surface area contributed by atoms with Crippen LogP contribution in [-0.2, 0) is 16.0 Å². The largest absolute Gasteiger partial charge is 0.355 e. The number of piperidine rings is 1. The van der Waals surface area contributed by atoms with E-state index in [1.807, 2.05) is 23.1 Å². The highest BCUT2D eigenvalue weighted by atomic mass is 19.1. The molecule has 5 nitrogen and oxygen atoms in total. The van der Waals surface area contributed by atoms with Crippen molar-refractivity contribution in [1.29, 1.82) is 0 Å². The van der Waals surface area contributed by atoms with Crippen LogP contribution in [0.5, 0.6) is 0 Å². The Morgan fingerprint density at radius 2 is 2.03 bits per heavy atom. The summed E-state index contributed by atoms with van der Waals surface area (Å²) in [6.45, 7) is 1.91. The van der Waals surface area contributed by atoms with Crippen LogP contribution in [0.4, 0.5) is 4.39 Å². The quantitative estimate of drug-likeness (QED) is 0.748. The van der Waals surface area contributed by atoms with E-state index in [0.29, 0.717) is 25.2 Å². The first kappa shape index (κ1) is 20.3. The molecule has 2 fully saturated rings. The van der Waals surface area contributed by atoms with Crippen LogP contribution in [0.25, 0.3) is 6.08 Å². The standard InChI is InChI=1S/C24H26FN3O2/c25-19-5-3-4-18(16-19)7-8-22(29)28-14-10-24(11-15-28)17-21(24)23(30)27-13-9-20-6-1-2-12-26-20/h1-8,12,16,21H,9-11,13-15,17H2,(H,27,30)/b8-7+/t21-/m0/s1. The van der Waals surface area contributed by atoms with Crippen molar-refractivity contribution in [2.24, 2.45) is 11.3 Å². The number of benzene rings is 1. The number of amides is 2. The lowest BCUT2D eigenvalue weighted by atomic mass is 9.90. The van der Waals surface area contributed by atoms with Gasteiger partial charge in [0.15, 0.2) is 0 Å². The SMILES string of the molecule is O=C(NCCc1ccccn1)[C@@H]1CC12CCN(C(=O)/C=C/c1cccc(F)c1)CC2. The summed E-state index contributed by atoms with van der Waals surface area (Å²) in [6, 6.07) is 11.9. The zero-order chi connectivity index (χ0) is 21.0. The predicted octanol–water partition coefficient (Wildman–Crippen LogP) is 3.22. The summed E-state index contributed by atoms with van der Waals surface area (Å²) < 4.78 is 13.2. The summed E-state index contributed by atoms with van der Waals surface area (Å²) in [4.78, 5) is 31.0. The first-order valence-corrected chi connectivity index (χ1v) is 10.5. The highest BCUT2D eigenvalue weighted by Gasteiger charge is 2.58. The smallest absolute Gasteiger partial charge is 0.246 e. The number of aromatic nitrogens is 1. The van der Waals surface area contributed by atoms with Crippen molar-refractivity contribution in [1.82, 2.24) is 15.2 Å². The average Bonchev–Trinajstić information content (AvgIpc) is 3.46. The minimum Gasteiger partial charge on any atom is -0.355 e. The number of rotatable bonds is 6. The van der Waals surface area contributed by atoms with Crippen LogP contribution >= 0.6 is 0 Å². The van der Waals surface area contributed by atoms with Crippen molar-refractivity contribution in [2.45, 2.75) is 25.7 Å². The molecule has 1 aromatic heterocycles. The summed E-state index contributed by atoms with van der Waals surface area (Å²) in [6.07, 6.45) is 8.24. The topological polar surface area (TPSA) is 62.3 Å². The van der Waals surface area contributed by atoms with Gasteiger partial charge >= 0.3 is 0 Å². The van der Waals surface area contributed by atoms with Gasteiger partial charge in [0.1, 0.15) is 5.82 Å². The van der Waals surface area contributed by atoms with E-state index in [2.05, 4.69) is 10.3 Å². The first-order valence-electron chi connectivity index (χ1n) is 10.5. The van der Waals surface area contributed by atoms with E-state index in [0.717, 1.165) is 31.4 Å². The number of nitrogens with zero attached hydrogens (tertiary/aromatic N) is 2. The number of carbonyl (C=O) groups excluding carboxylic acids is 2. The molecule has 1 aliphatic carbocycles. The second kappa shape index (κ2) is 8.78. The number of halogens is 1. The van der Waals surface area contributed by atoms with Crippen molar-refractivity contribution in [3.63, 3.8) is 0 Å². The molecule has 1 N–H and O–H groups in total. The van der Waals surface area contributed by atoms with Gasteiger partial charge in [-0.1, -0.05) is 18.2 Å². The maximum absolute atomic E-state index is 13.2. The predicted molar refractivity (Wildman–Crippen MR) is 113 cm³/mol. The molecule has 2 amide bonds. The van der Waals surface area contributed by atoms with Crippen LogP contribution in [0.15, 0.2) is 54.7 Å². The maximum Gasteiger partial charge on any atom is 0.246 e. The molecule has 2 heterocycles. The van der Waals surface area contributed by atoms with Crippen LogP contribution in [0.1, 0.15) is 30.5 Å². The molecule has 1 atom stereocenters. The Labute approximate surface area is 176 Å². The Morgan fingerprint density at radius 3 is 2.77 bits per heavy atom. The van der Waals surface area contributed by atoms with Gasteiger partial charge in [0.2, 0.25) is 11.8 Å². The second-order valence-corrected chi connectivity index (χ2v) is 8.19. The zero-order valence-electron chi connectivity index (χ0n) is 16.9. The minimum atomic E-state index is -0.317. The lowest BCUT2D eigenvalue weighted by Gasteiger charge is -2.32. The number of nitrogens with one attached hydrogen (secondary N) is 1. The fraction of sp³-hybridized carbons (Fsp3) is 0.375. The van der Waals surface area contributed by atoms with Gasteiger partial charge < -0.3 is 10.2 Å². The van der Waals surface area contributed by atoms with E-state index in [1.165, 1.54) is 18.2 Å². The normalized spacial score (nSPS) is 19.8. The molecule has 2 aliphatic rings. The van der Waals surface area contributed by atoms with Crippen molar-refractivity contribution in [3.8, 4) is 0 Å². The Balaban J connectivity index is 1.21.